The highest BCUT2D eigenvalue weighted by atomic mass is 16.4. The Morgan fingerprint density at radius 1 is 1.40 bits per heavy atom. The predicted octanol–water partition coefficient (Wildman–Crippen LogP) is 0.859. The minimum atomic E-state index is -1.15. The third-order valence-corrected chi connectivity index (χ3v) is 2.08. The zero-order valence-corrected chi connectivity index (χ0v) is 9.06. The number of rotatable bonds is 2. The number of aromatic nitrogens is 2. The standard InChI is InChI=1S/C10H15N3O2/c1-10(2,3)6-4-12-8(13-5-6)7(11)9(14)15/h4-5,7H,11H2,1-3H3,(H,14,15). The van der Waals surface area contributed by atoms with Crippen LogP contribution in [-0.2, 0) is 10.2 Å². The Kier molecular flexibility index (Phi) is 3.04. The molecule has 0 spiro atoms. The van der Waals surface area contributed by atoms with Gasteiger partial charge in [0.2, 0.25) is 0 Å². The monoisotopic (exact) mass is 209 g/mol. The predicted molar refractivity (Wildman–Crippen MR) is 55.3 cm³/mol. The normalized spacial score (nSPS) is 13.6. The number of nitrogens with zero attached hydrogens (tertiary/aromatic N) is 2. The molecule has 0 saturated carbocycles. The van der Waals surface area contributed by atoms with Crippen LogP contribution in [0.15, 0.2) is 12.4 Å². The fourth-order valence-corrected chi connectivity index (χ4v) is 0.996. The van der Waals surface area contributed by atoms with Gasteiger partial charge in [-0.25, -0.2) is 9.97 Å². The molecule has 1 rings (SSSR count). The smallest absolute Gasteiger partial charge is 0.328 e. The first kappa shape index (κ1) is 11.6. The van der Waals surface area contributed by atoms with Crippen LogP contribution in [0, 0.1) is 0 Å². The van der Waals surface area contributed by atoms with Crippen molar-refractivity contribution in [3.05, 3.63) is 23.8 Å². The second kappa shape index (κ2) is 3.94. The summed E-state index contributed by atoms with van der Waals surface area (Å²) in [5.74, 6) is -0.992. The van der Waals surface area contributed by atoms with Crippen LogP contribution < -0.4 is 5.73 Å². The molecular weight excluding hydrogens is 194 g/mol. The Morgan fingerprint density at radius 2 is 1.87 bits per heavy atom. The first-order valence-corrected chi connectivity index (χ1v) is 4.63. The molecule has 0 fully saturated rings. The highest BCUT2D eigenvalue weighted by molar-refractivity contribution is 5.73. The molecule has 1 aromatic heterocycles. The van der Waals surface area contributed by atoms with Crippen molar-refractivity contribution in [1.82, 2.24) is 9.97 Å². The van der Waals surface area contributed by atoms with Gasteiger partial charge in [0.25, 0.3) is 0 Å². The third kappa shape index (κ3) is 2.73. The molecule has 0 aromatic carbocycles. The zero-order chi connectivity index (χ0) is 11.6. The fourth-order valence-electron chi connectivity index (χ4n) is 0.996. The van der Waals surface area contributed by atoms with E-state index in [-0.39, 0.29) is 11.2 Å². The summed E-state index contributed by atoms with van der Waals surface area (Å²) in [6.45, 7) is 6.09. The van der Waals surface area contributed by atoms with Crippen molar-refractivity contribution in [2.24, 2.45) is 5.73 Å². The van der Waals surface area contributed by atoms with Gasteiger partial charge in [0.15, 0.2) is 11.9 Å². The highest BCUT2D eigenvalue weighted by Crippen LogP contribution is 2.20. The van der Waals surface area contributed by atoms with Gasteiger partial charge in [-0.2, -0.15) is 0 Å². The summed E-state index contributed by atoms with van der Waals surface area (Å²) in [5, 5.41) is 8.66. The first-order chi connectivity index (χ1) is 6.82. The van der Waals surface area contributed by atoms with Crippen LogP contribution in [0.25, 0.3) is 0 Å². The number of carboxylic acid groups (broad SMARTS) is 1. The van der Waals surface area contributed by atoms with E-state index in [0.29, 0.717) is 0 Å². The molecule has 1 heterocycles. The number of carbonyl (C=O) groups is 1. The number of carboxylic acids is 1. The van der Waals surface area contributed by atoms with Crippen molar-refractivity contribution in [2.45, 2.75) is 32.2 Å². The molecule has 0 amide bonds. The molecule has 1 aromatic rings. The van der Waals surface area contributed by atoms with Crippen molar-refractivity contribution in [3.63, 3.8) is 0 Å². The van der Waals surface area contributed by atoms with E-state index < -0.39 is 12.0 Å². The summed E-state index contributed by atoms with van der Waals surface area (Å²) >= 11 is 0. The van der Waals surface area contributed by atoms with Crippen molar-refractivity contribution in [2.75, 3.05) is 0 Å². The second-order valence-corrected chi connectivity index (χ2v) is 4.40. The van der Waals surface area contributed by atoms with Crippen LogP contribution in [0.2, 0.25) is 0 Å². The maximum absolute atomic E-state index is 10.6. The lowest BCUT2D eigenvalue weighted by Gasteiger charge is -2.18. The van der Waals surface area contributed by atoms with Crippen LogP contribution in [-0.4, -0.2) is 21.0 Å². The molecule has 5 heteroatoms. The molecule has 5 nitrogen and oxygen atoms in total. The Bertz CT molecular complexity index is 354. The molecule has 1 unspecified atom stereocenters. The van der Waals surface area contributed by atoms with Crippen molar-refractivity contribution in [3.8, 4) is 0 Å². The summed E-state index contributed by atoms with van der Waals surface area (Å²) in [6.07, 6.45) is 3.23. The van der Waals surface area contributed by atoms with E-state index >= 15 is 0 Å². The molecule has 1 atom stereocenters. The Balaban J connectivity index is 2.95. The van der Waals surface area contributed by atoms with Crippen LogP contribution >= 0.6 is 0 Å². The van der Waals surface area contributed by atoms with Crippen molar-refractivity contribution < 1.29 is 9.90 Å². The molecule has 0 aliphatic rings. The first-order valence-electron chi connectivity index (χ1n) is 4.63. The topological polar surface area (TPSA) is 89.1 Å². The van der Waals surface area contributed by atoms with E-state index in [0.717, 1.165) is 5.56 Å². The molecule has 0 aliphatic carbocycles. The molecule has 15 heavy (non-hydrogen) atoms. The number of hydrogen-bond acceptors (Lipinski definition) is 4. The van der Waals surface area contributed by atoms with E-state index in [4.69, 9.17) is 10.8 Å². The lowest BCUT2D eigenvalue weighted by molar-refractivity contribution is -0.138. The third-order valence-electron chi connectivity index (χ3n) is 2.08. The van der Waals surface area contributed by atoms with Gasteiger partial charge in [0.1, 0.15) is 0 Å². The lowest BCUT2D eigenvalue weighted by atomic mass is 9.89. The number of aliphatic carboxylic acids is 1. The SMILES string of the molecule is CC(C)(C)c1cnc(C(N)C(=O)O)nc1. The summed E-state index contributed by atoms with van der Waals surface area (Å²) in [7, 11) is 0. The average Bonchev–Trinajstić information content (AvgIpc) is 2.15. The van der Waals surface area contributed by atoms with E-state index in [9.17, 15) is 4.79 Å². The molecule has 3 N–H and O–H groups in total. The number of hydrogen-bond donors (Lipinski definition) is 2. The van der Waals surface area contributed by atoms with E-state index in [2.05, 4.69) is 9.97 Å². The van der Waals surface area contributed by atoms with E-state index in [1.165, 1.54) is 0 Å². The van der Waals surface area contributed by atoms with Crippen molar-refractivity contribution in [1.29, 1.82) is 0 Å². The maximum Gasteiger partial charge on any atom is 0.328 e. The molecule has 0 aliphatic heterocycles. The van der Waals surface area contributed by atoms with Gasteiger partial charge in [0, 0.05) is 12.4 Å². The van der Waals surface area contributed by atoms with E-state index in [1.54, 1.807) is 12.4 Å². The van der Waals surface area contributed by atoms with E-state index in [1.807, 2.05) is 20.8 Å². The second-order valence-electron chi connectivity index (χ2n) is 4.40. The highest BCUT2D eigenvalue weighted by Gasteiger charge is 2.19. The molecule has 82 valence electrons. The van der Waals surface area contributed by atoms with Gasteiger partial charge < -0.3 is 10.8 Å². The minimum absolute atomic E-state index is 0.0498. The average molecular weight is 209 g/mol. The van der Waals surface area contributed by atoms with Crippen LogP contribution in [0.4, 0.5) is 0 Å². The summed E-state index contributed by atoms with van der Waals surface area (Å²) in [4.78, 5) is 18.5. The van der Waals surface area contributed by atoms with Gasteiger partial charge in [0.05, 0.1) is 0 Å². The molecule has 0 saturated heterocycles. The van der Waals surface area contributed by atoms with Crippen LogP contribution in [0.3, 0.4) is 0 Å². The largest absolute Gasteiger partial charge is 0.480 e. The molecule has 0 bridgehead atoms. The Labute approximate surface area is 88.4 Å². The number of nitrogens with two attached hydrogens (primary N) is 1. The summed E-state index contributed by atoms with van der Waals surface area (Å²) in [6, 6.07) is -1.15. The lowest BCUT2D eigenvalue weighted by Crippen LogP contribution is -2.23. The quantitative estimate of drug-likeness (QED) is 0.754. The van der Waals surface area contributed by atoms with Gasteiger partial charge in [-0.3, -0.25) is 4.79 Å². The van der Waals surface area contributed by atoms with Crippen LogP contribution in [0.5, 0.6) is 0 Å². The van der Waals surface area contributed by atoms with Gasteiger partial charge in [-0.15, -0.1) is 0 Å². The Hall–Kier alpha value is -1.49. The van der Waals surface area contributed by atoms with Crippen LogP contribution in [0.1, 0.15) is 38.2 Å². The minimum Gasteiger partial charge on any atom is -0.480 e. The van der Waals surface area contributed by atoms with Gasteiger partial charge in [-0.05, 0) is 11.0 Å². The Morgan fingerprint density at radius 3 is 2.20 bits per heavy atom. The molecule has 0 radical (unpaired) electrons. The summed E-state index contributed by atoms with van der Waals surface area (Å²) in [5.41, 5.74) is 6.27. The fraction of sp³-hybridized carbons (Fsp3) is 0.500. The summed E-state index contributed by atoms with van der Waals surface area (Å²) < 4.78 is 0. The van der Waals surface area contributed by atoms with Gasteiger partial charge >= 0.3 is 5.97 Å². The van der Waals surface area contributed by atoms with Crippen molar-refractivity contribution >= 4 is 5.97 Å². The molecular formula is C10H15N3O2. The zero-order valence-electron chi connectivity index (χ0n) is 9.06. The van der Waals surface area contributed by atoms with Gasteiger partial charge in [-0.1, -0.05) is 20.8 Å². The maximum atomic E-state index is 10.6.